The predicted octanol–water partition coefficient (Wildman–Crippen LogP) is 2.39. The van der Waals surface area contributed by atoms with Gasteiger partial charge < -0.3 is 10.1 Å². The summed E-state index contributed by atoms with van der Waals surface area (Å²) in [6.45, 7) is 4.69. The summed E-state index contributed by atoms with van der Waals surface area (Å²) < 4.78 is 5.19. The molecule has 0 radical (unpaired) electrons. The number of rotatable bonds is 4. The van der Waals surface area contributed by atoms with Gasteiger partial charge in [-0.25, -0.2) is 9.97 Å². The van der Waals surface area contributed by atoms with Crippen molar-refractivity contribution in [3.05, 3.63) is 30.0 Å². The fraction of sp³-hybridized carbons (Fsp3) is 0.385. The molecule has 0 aliphatic heterocycles. The summed E-state index contributed by atoms with van der Waals surface area (Å²) >= 11 is 0. The summed E-state index contributed by atoms with van der Waals surface area (Å²) in [7, 11) is 1.70. The van der Waals surface area contributed by atoms with Crippen LogP contribution in [-0.2, 0) is 4.74 Å². The third kappa shape index (κ3) is 2.71. The Hall–Kier alpha value is -1.68. The molecule has 0 spiro atoms. The van der Waals surface area contributed by atoms with E-state index in [2.05, 4.69) is 15.3 Å². The van der Waals surface area contributed by atoms with E-state index in [9.17, 15) is 0 Å². The molecule has 0 aliphatic rings. The van der Waals surface area contributed by atoms with Crippen LogP contribution in [0.5, 0.6) is 0 Å². The van der Waals surface area contributed by atoms with E-state index in [1.165, 1.54) is 0 Å². The van der Waals surface area contributed by atoms with Crippen molar-refractivity contribution in [2.24, 2.45) is 0 Å². The molecule has 1 aromatic carbocycles. The minimum atomic E-state index is 0.155. The van der Waals surface area contributed by atoms with Crippen LogP contribution in [-0.4, -0.2) is 29.7 Å². The van der Waals surface area contributed by atoms with Crippen molar-refractivity contribution in [3.8, 4) is 0 Å². The molecule has 1 aromatic heterocycles. The standard InChI is InChI=1S/C13H17N3O/c1-9(17-3)8-14-13-10(2)15-11-6-4-5-7-12(11)16-13/h4-7,9H,8H2,1-3H3,(H,14,16). The third-order valence-electron chi connectivity index (χ3n) is 2.70. The molecular weight excluding hydrogens is 214 g/mol. The second kappa shape index (κ2) is 5.10. The second-order valence-electron chi connectivity index (χ2n) is 4.07. The van der Waals surface area contributed by atoms with Gasteiger partial charge in [-0.05, 0) is 26.0 Å². The molecule has 0 amide bonds. The summed E-state index contributed by atoms with van der Waals surface area (Å²) in [5, 5.41) is 3.26. The van der Waals surface area contributed by atoms with Gasteiger partial charge >= 0.3 is 0 Å². The van der Waals surface area contributed by atoms with Crippen LogP contribution < -0.4 is 5.32 Å². The van der Waals surface area contributed by atoms with Crippen molar-refractivity contribution in [2.45, 2.75) is 20.0 Å². The largest absolute Gasteiger partial charge is 0.380 e. The van der Waals surface area contributed by atoms with E-state index < -0.39 is 0 Å². The number of ether oxygens (including phenoxy) is 1. The number of fused-ring (bicyclic) bond motifs is 1. The third-order valence-corrected chi connectivity index (χ3v) is 2.70. The van der Waals surface area contributed by atoms with E-state index in [0.29, 0.717) is 0 Å². The van der Waals surface area contributed by atoms with Crippen LogP contribution in [0.15, 0.2) is 24.3 Å². The molecule has 2 rings (SSSR count). The van der Waals surface area contributed by atoms with Crippen molar-refractivity contribution in [2.75, 3.05) is 19.0 Å². The molecule has 17 heavy (non-hydrogen) atoms. The highest BCUT2D eigenvalue weighted by atomic mass is 16.5. The molecule has 4 nitrogen and oxygen atoms in total. The predicted molar refractivity (Wildman–Crippen MR) is 69.2 cm³/mol. The smallest absolute Gasteiger partial charge is 0.148 e. The first-order chi connectivity index (χ1) is 8.20. The number of hydrogen-bond acceptors (Lipinski definition) is 4. The maximum atomic E-state index is 5.19. The average molecular weight is 231 g/mol. The zero-order chi connectivity index (χ0) is 12.3. The molecule has 2 aromatic rings. The van der Waals surface area contributed by atoms with Crippen LogP contribution >= 0.6 is 0 Å². The van der Waals surface area contributed by atoms with Gasteiger partial charge in [0.25, 0.3) is 0 Å². The Morgan fingerprint density at radius 2 is 1.88 bits per heavy atom. The van der Waals surface area contributed by atoms with Crippen LogP contribution in [0.25, 0.3) is 11.0 Å². The molecule has 0 saturated heterocycles. The Morgan fingerprint density at radius 3 is 2.53 bits per heavy atom. The molecule has 1 unspecified atom stereocenters. The lowest BCUT2D eigenvalue weighted by Crippen LogP contribution is -2.19. The van der Waals surface area contributed by atoms with E-state index in [0.717, 1.165) is 29.1 Å². The Kier molecular flexibility index (Phi) is 3.54. The van der Waals surface area contributed by atoms with Gasteiger partial charge in [-0.3, -0.25) is 0 Å². The number of nitrogens with zero attached hydrogens (tertiary/aromatic N) is 2. The number of aromatic nitrogens is 2. The van der Waals surface area contributed by atoms with Crippen molar-refractivity contribution >= 4 is 16.9 Å². The van der Waals surface area contributed by atoms with Gasteiger partial charge in [0, 0.05) is 13.7 Å². The van der Waals surface area contributed by atoms with Crippen molar-refractivity contribution < 1.29 is 4.74 Å². The zero-order valence-electron chi connectivity index (χ0n) is 10.4. The van der Waals surface area contributed by atoms with Gasteiger partial charge in [0.05, 0.1) is 22.8 Å². The normalized spacial score (nSPS) is 12.6. The van der Waals surface area contributed by atoms with Gasteiger partial charge in [0.2, 0.25) is 0 Å². The lowest BCUT2D eigenvalue weighted by Gasteiger charge is -2.13. The summed E-state index contributed by atoms with van der Waals surface area (Å²) in [6.07, 6.45) is 0.155. The topological polar surface area (TPSA) is 47.0 Å². The molecule has 1 N–H and O–H groups in total. The van der Waals surface area contributed by atoms with Gasteiger partial charge in [0.15, 0.2) is 0 Å². The molecular formula is C13H17N3O. The first kappa shape index (κ1) is 11.8. The quantitative estimate of drug-likeness (QED) is 0.877. The summed E-state index contributed by atoms with van der Waals surface area (Å²) in [4.78, 5) is 9.07. The fourth-order valence-electron chi connectivity index (χ4n) is 1.58. The number of nitrogens with one attached hydrogen (secondary N) is 1. The maximum absolute atomic E-state index is 5.19. The first-order valence-electron chi connectivity index (χ1n) is 5.70. The Bertz CT molecular complexity index is 513. The van der Waals surface area contributed by atoms with E-state index in [-0.39, 0.29) is 6.10 Å². The van der Waals surface area contributed by atoms with Crippen LogP contribution in [0, 0.1) is 6.92 Å². The molecule has 0 fully saturated rings. The van der Waals surface area contributed by atoms with E-state index in [4.69, 9.17) is 4.74 Å². The van der Waals surface area contributed by atoms with E-state index in [1.807, 2.05) is 38.1 Å². The number of aryl methyl sites for hydroxylation is 1. The molecule has 90 valence electrons. The monoisotopic (exact) mass is 231 g/mol. The summed E-state index contributed by atoms with van der Waals surface area (Å²) in [5.41, 5.74) is 2.74. The van der Waals surface area contributed by atoms with E-state index in [1.54, 1.807) is 7.11 Å². The highest BCUT2D eigenvalue weighted by Crippen LogP contribution is 2.15. The highest BCUT2D eigenvalue weighted by molar-refractivity contribution is 5.76. The Morgan fingerprint density at radius 1 is 1.24 bits per heavy atom. The minimum Gasteiger partial charge on any atom is -0.380 e. The first-order valence-corrected chi connectivity index (χ1v) is 5.70. The SMILES string of the molecule is COC(C)CNc1nc2ccccc2nc1C. The van der Waals surface area contributed by atoms with Crippen molar-refractivity contribution in [1.29, 1.82) is 0 Å². The Balaban J connectivity index is 2.25. The molecule has 0 saturated carbocycles. The van der Waals surface area contributed by atoms with Gasteiger partial charge in [0.1, 0.15) is 5.82 Å². The van der Waals surface area contributed by atoms with Crippen LogP contribution in [0.2, 0.25) is 0 Å². The Labute approximate surface area is 101 Å². The molecule has 4 heteroatoms. The number of methoxy groups -OCH3 is 1. The van der Waals surface area contributed by atoms with Crippen molar-refractivity contribution in [3.63, 3.8) is 0 Å². The molecule has 1 atom stereocenters. The lowest BCUT2D eigenvalue weighted by molar-refractivity contribution is 0.128. The van der Waals surface area contributed by atoms with Gasteiger partial charge in [-0.1, -0.05) is 12.1 Å². The van der Waals surface area contributed by atoms with E-state index >= 15 is 0 Å². The van der Waals surface area contributed by atoms with Crippen LogP contribution in [0.3, 0.4) is 0 Å². The molecule has 0 bridgehead atoms. The number of benzene rings is 1. The van der Waals surface area contributed by atoms with Gasteiger partial charge in [-0.2, -0.15) is 0 Å². The minimum absolute atomic E-state index is 0.155. The van der Waals surface area contributed by atoms with Crippen LogP contribution in [0.1, 0.15) is 12.6 Å². The number of hydrogen-bond donors (Lipinski definition) is 1. The number of para-hydroxylation sites is 2. The number of anilines is 1. The maximum Gasteiger partial charge on any atom is 0.148 e. The lowest BCUT2D eigenvalue weighted by atomic mass is 10.3. The van der Waals surface area contributed by atoms with Gasteiger partial charge in [-0.15, -0.1) is 0 Å². The summed E-state index contributed by atoms with van der Waals surface area (Å²) in [5.74, 6) is 0.826. The zero-order valence-corrected chi connectivity index (χ0v) is 10.4. The molecule has 0 aliphatic carbocycles. The fourth-order valence-corrected chi connectivity index (χ4v) is 1.58. The van der Waals surface area contributed by atoms with Crippen molar-refractivity contribution in [1.82, 2.24) is 9.97 Å². The average Bonchev–Trinajstić information content (AvgIpc) is 2.35. The highest BCUT2D eigenvalue weighted by Gasteiger charge is 2.06. The van der Waals surface area contributed by atoms with Crippen LogP contribution in [0.4, 0.5) is 5.82 Å². The summed E-state index contributed by atoms with van der Waals surface area (Å²) in [6, 6.07) is 7.87. The second-order valence-corrected chi connectivity index (χ2v) is 4.07. The molecule has 1 heterocycles.